The number of carbonyl (C=O) groups is 1. The van der Waals surface area contributed by atoms with Crippen molar-refractivity contribution in [1.29, 1.82) is 0 Å². The van der Waals surface area contributed by atoms with Gasteiger partial charge in [0.15, 0.2) is 5.65 Å². The van der Waals surface area contributed by atoms with Gasteiger partial charge < -0.3 is 4.42 Å². The number of aromatic nitrogens is 4. The number of hydrogen-bond acceptors (Lipinski definition) is 5. The highest BCUT2D eigenvalue weighted by atomic mass is 16.3. The van der Waals surface area contributed by atoms with E-state index in [2.05, 4.69) is 20.4 Å². The number of carbonyl (C=O) groups excluding carboxylic acids is 1. The summed E-state index contributed by atoms with van der Waals surface area (Å²) in [4.78, 5) is 20.4. The van der Waals surface area contributed by atoms with Crippen LogP contribution in [0, 0.1) is 0 Å². The van der Waals surface area contributed by atoms with Crippen LogP contribution in [-0.2, 0) is 0 Å². The van der Waals surface area contributed by atoms with Gasteiger partial charge in [-0.2, -0.15) is 4.98 Å². The van der Waals surface area contributed by atoms with E-state index in [1.54, 1.807) is 41.6 Å². The third kappa shape index (κ3) is 2.44. The molecule has 112 valence electrons. The third-order valence-electron chi connectivity index (χ3n) is 3.34. The van der Waals surface area contributed by atoms with E-state index in [0.717, 1.165) is 11.3 Å². The number of fused-ring (bicyclic) bond motifs is 1. The van der Waals surface area contributed by atoms with Crippen LogP contribution in [-0.4, -0.2) is 25.5 Å². The van der Waals surface area contributed by atoms with E-state index in [-0.39, 0.29) is 11.9 Å². The molecule has 0 saturated heterocycles. The van der Waals surface area contributed by atoms with E-state index in [1.165, 1.54) is 0 Å². The van der Waals surface area contributed by atoms with Crippen LogP contribution >= 0.6 is 0 Å². The summed E-state index contributed by atoms with van der Waals surface area (Å²) in [5.74, 6) is -0.0454. The first-order valence-corrected chi connectivity index (χ1v) is 6.91. The Bertz CT molecular complexity index is 961. The molecule has 0 bridgehead atoms. The quantitative estimate of drug-likeness (QED) is 0.629. The number of amides is 1. The molecule has 0 aliphatic rings. The highest BCUT2D eigenvalue weighted by Crippen LogP contribution is 2.21. The molecule has 4 aromatic heterocycles. The lowest BCUT2D eigenvalue weighted by Gasteiger charge is -2.00. The highest BCUT2D eigenvalue weighted by Gasteiger charge is 2.12. The lowest BCUT2D eigenvalue weighted by Crippen LogP contribution is -2.13. The fourth-order valence-corrected chi connectivity index (χ4v) is 2.26. The number of hydrogen-bond donors (Lipinski definition) is 1. The van der Waals surface area contributed by atoms with Gasteiger partial charge in [-0.15, -0.1) is 5.10 Å². The molecular formula is C16H11N5O2. The summed E-state index contributed by atoms with van der Waals surface area (Å²) in [6.07, 6.45) is 6.34. The zero-order chi connectivity index (χ0) is 15.6. The maximum Gasteiger partial charge on any atom is 0.258 e. The number of pyridine rings is 2. The second kappa shape index (κ2) is 5.38. The average molecular weight is 305 g/mol. The van der Waals surface area contributed by atoms with E-state index in [1.807, 2.05) is 24.3 Å². The molecule has 1 amide bonds. The average Bonchev–Trinajstić information content (AvgIpc) is 3.24. The van der Waals surface area contributed by atoms with Crippen LogP contribution < -0.4 is 5.32 Å². The van der Waals surface area contributed by atoms with Gasteiger partial charge in [-0.3, -0.25) is 15.1 Å². The van der Waals surface area contributed by atoms with E-state index in [9.17, 15) is 4.79 Å². The molecule has 1 N–H and O–H groups in total. The van der Waals surface area contributed by atoms with Crippen LogP contribution in [0.3, 0.4) is 0 Å². The predicted octanol–water partition coefficient (Wildman–Crippen LogP) is 2.64. The number of rotatable bonds is 3. The molecule has 0 fully saturated rings. The fraction of sp³-hybridized carbons (Fsp3) is 0. The van der Waals surface area contributed by atoms with Crippen LogP contribution in [0.15, 0.2) is 65.7 Å². The van der Waals surface area contributed by atoms with E-state index < -0.39 is 0 Å². The Morgan fingerprint density at radius 2 is 2.00 bits per heavy atom. The first-order chi connectivity index (χ1) is 11.3. The molecule has 0 saturated carbocycles. The summed E-state index contributed by atoms with van der Waals surface area (Å²) in [5, 5.41) is 7.04. The smallest absolute Gasteiger partial charge is 0.258 e. The fourth-order valence-electron chi connectivity index (χ4n) is 2.26. The molecule has 0 radical (unpaired) electrons. The topological polar surface area (TPSA) is 85.3 Å². The molecule has 0 spiro atoms. The van der Waals surface area contributed by atoms with Crippen molar-refractivity contribution in [1.82, 2.24) is 19.6 Å². The van der Waals surface area contributed by atoms with E-state index >= 15 is 0 Å². The van der Waals surface area contributed by atoms with Gasteiger partial charge in [0.1, 0.15) is 0 Å². The van der Waals surface area contributed by atoms with Crippen molar-refractivity contribution in [2.24, 2.45) is 0 Å². The monoisotopic (exact) mass is 305 g/mol. The maximum absolute atomic E-state index is 12.2. The Hall–Kier alpha value is -3.48. The third-order valence-corrected chi connectivity index (χ3v) is 3.34. The first kappa shape index (κ1) is 13.2. The van der Waals surface area contributed by atoms with Crippen LogP contribution in [0.4, 0.5) is 5.95 Å². The zero-order valence-electron chi connectivity index (χ0n) is 11.9. The van der Waals surface area contributed by atoms with Crippen LogP contribution in [0.25, 0.3) is 16.9 Å². The standard InChI is InChI=1S/C16H11N5O2/c22-15(11-4-7-17-8-5-11)19-16-18-14-3-1-2-13(21(14)20-16)12-6-9-23-10-12/h1-10H,(H,19,20,22). The van der Waals surface area contributed by atoms with Gasteiger partial charge in [-0.1, -0.05) is 6.07 Å². The molecule has 0 aliphatic heterocycles. The Morgan fingerprint density at radius 1 is 1.13 bits per heavy atom. The summed E-state index contributed by atoms with van der Waals surface area (Å²) in [6, 6.07) is 10.7. The lowest BCUT2D eigenvalue weighted by atomic mass is 10.2. The first-order valence-electron chi connectivity index (χ1n) is 6.91. The Balaban J connectivity index is 1.70. The minimum absolute atomic E-state index is 0.239. The minimum atomic E-state index is -0.284. The van der Waals surface area contributed by atoms with Gasteiger partial charge in [-0.05, 0) is 30.3 Å². The van der Waals surface area contributed by atoms with Crippen molar-refractivity contribution < 1.29 is 9.21 Å². The molecule has 7 heteroatoms. The normalized spacial score (nSPS) is 10.8. The van der Waals surface area contributed by atoms with Crippen molar-refractivity contribution in [3.63, 3.8) is 0 Å². The largest absolute Gasteiger partial charge is 0.472 e. The van der Waals surface area contributed by atoms with Crippen molar-refractivity contribution in [2.75, 3.05) is 5.32 Å². The minimum Gasteiger partial charge on any atom is -0.472 e. The maximum atomic E-state index is 12.2. The molecule has 4 rings (SSSR count). The molecule has 4 aromatic rings. The predicted molar refractivity (Wildman–Crippen MR) is 82.9 cm³/mol. The van der Waals surface area contributed by atoms with E-state index in [4.69, 9.17) is 4.42 Å². The molecule has 0 aromatic carbocycles. The Labute approximate surface area is 130 Å². The zero-order valence-corrected chi connectivity index (χ0v) is 11.9. The Morgan fingerprint density at radius 3 is 2.78 bits per heavy atom. The van der Waals surface area contributed by atoms with Crippen molar-refractivity contribution in [2.45, 2.75) is 0 Å². The number of nitrogens with one attached hydrogen (secondary N) is 1. The summed E-state index contributed by atoms with van der Waals surface area (Å²) < 4.78 is 6.77. The molecule has 23 heavy (non-hydrogen) atoms. The van der Waals surface area contributed by atoms with Crippen molar-refractivity contribution in [3.8, 4) is 11.3 Å². The molecule has 0 atom stereocenters. The second-order valence-electron chi connectivity index (χ2n) is 4.82. The van der Waals surface area contributed by atoms with Crippen molar-refractivity contribution in [3.05, 3.63) is 66.9 Å². The van der Waals surface area contributed by atoms with Crippen molar-refractivity contribution >= 4 is 17.5 Å². The summed E-state index contributed by atoms with van der Waals surface area (Å²) >= 11 is 0. The number of anilines is 1. The molecular weight excluding hydrogens is 294 g/mol. The van der Waals surface area contributed by atoms with E-state index in [0.29, 0.717) is 11.2 Å². The molecule has 7 nitrogen and oxygen atoms in total. The highest BCUT2D eigenvalue weighted by molar-refractivity contribution is 6.03. The van der Waals surface area contributed by atoms with Crippen LogP contribution in [0.1, 0.15) is 10.4 Å². The van der Waals surface area contributed by atoms with Crippen LogP contribution in [0.2, 0.25) is 0 Å². The second-order valence-corrected chi connectivity index (χ2v) is 4.82. The van der Waals surface area contributed by atoms with Gasteiger partial charge in [0.2, 0.25) is 5.95 Å². The summed E-state index contributed by atoms with van der Waals surface area (Å²) in [6.45, 7) is 0. The van der Waals surface area contributed by atoms with Gasteiger partial charge in [0.25, 0.3) is 5.91 Å². The molecule has 0 aliphatic carbocycles. The lowest BCUT2D eigenvalue weighted by molar-refractivity contribution is 0.102. The van der Waals surface area contributed by atoms with Gasteiger partial charge >= 0.3 is 0 Å². The Kier molecular flexibility index (Phi) is 3.09. The molecule has 4 heterocycles. The summed E-state index contributed by atoms with van der Waals surface area (Å²) in [7, 11) is 0. The van der Waals surface area contributed by atoms with Gasteiger partial charge in [-0.25, -0.2) is 4.52 Å². The van der Waals surface area contributed by atoms with Gasteiger partial charge in [0.05, 0.1) is 18.2 Å². The van der Waals surface area contributed by atoms with Gasteiger partial charge in [0, 0.05) is 23.5 Å². The molecule has 0 unspecified atom stereocenters. The van der Waals surface area contributed by atoms with Crippen LogP contribution in [0.5, 0.6) is 0 Å². The number of nitrogens with zero attached hydrogens (tertiary/aromatic N) is 4. The SMILES string of the molecule is O=C(Nc1nc2cccc(-c3ccoc3)n2n1)c1ccncc1. The number of furan rings is 1. The summed E-state index contributed by atoms with van der Waals surface area (Å²) in [5.41, 5.74) is 2.84.